The summed E-state index contributed by atoms with van der Waals surface area (Å²) >= 11 is 0. The first-order valence-corrected chi connectivity index (χ1v) is 4.93. The van der Waals surface area contributed by atoms with Crippen molar-refractivity contribution in [3.05, 3.63) is 17.0 Å². The van der Waals surface area contributed by atoms with Crippen LogP contribution in [0.1, 0.15) is 28.2 Å². The lowest BCUT2D eigenvalue weighted by molar-refractivity contribution is -0.136. The summed E-state index contributed by atoms with van der Waals surface area (Å²) in [7, 11) is 1.76. The molecule has 0 fully saturated rings. The predicted octanol–water partition coefficient (Wildman–Crippen LogP) is 0.241. The highest BCUT2D eigenvalue weighted by atomic mass is 16.4. The second kappa shape index (κ2) is 4.78. The fraction of sp³-hybridized carbons (Fsp3) is 0.500. The Morgan fingerprint density at radius 3 is 2.50 bits per heavy atom. The molecule has 0 aliphatic rings. The fourth-order valence-electron chi connectivity index (χ4n) is 1.47. The highest BCUT2D eigenvalue weighted by molar-refractivity contribution is 5.96. The van der Waals surface area contributed by atoms with Crippen LogP contribution < -0.4 is 5.32 Å². The number of rotatable bonds is 4. The van der Waals surface area contributed by atoms with Gasteiger partial charge in [-0.15, -0.1) is 0 Å². The van der Waals surface area contributed by atoms with Gasteiger partial charge in [-0.3, -0.25) is 14.3 Å². The van der Waals surface area contributed by atoms with Gasteiger partial charge in [0, 0.05) is 19.3 Å². The van der Waals surface area contributed by atoms with E-state index in [4.69, 9.17) is 5.11 Å². The van der Waals surface area contributed by atoms with Crippen LogP contribution in [0.2, 0.25) is 0 Å². The first-order valence-electron chi connectivity index (χ1n) is 4.93. The van der Waals surface area contributed by atoms with E-state index in [0.29, 0.717) is 11.3 Å². The summed E-state index contributed by atoms with van der Waals surface area (Å²) in [6, 6.07) is 0. The molecule has 0 unspecified atom stereocenters. The highest BCUT2D eigenvalue weighted by Gasteiger charge is 2.16. The summed E-state index contributed by atoms with van der Waals surface area (Å²) in [6.45, 7) is 3.67. The monoisotopic (exact) mass is 225 g/mol. The first-order chi connectivity index (χ1) is 7.43. The van der Waals surface area contributed by atoms with Gasteiger partial charge in [-0.25, -0.2) is 0 Å². The van der Waals surface area contributed by atoms with Crippen LogP contribution in [0.15, 0.2) is 0 Å². The second-order valence-electron chi connectivity index (χ2n) is 3.57. The second-order valence-corrected chi connectivity index (χ2v) is 3.57. The molecule has 0 radical (unpaired) electrons. The number of hydrogen-bond donors (Lipinski definition) is 2. The minimum Gasteiger partial charge on any atom is -0.481 e. The van der Waals surface area contributed by atoms with Crippen LogP contribution in [0.25, 0.3) is 0 Å². The quantitative estimate of drug-likeness (QED) is 0.768. The Labute approximate surface area is 93.3 Å². The van der Waals surface area contributed by atoms with Gasteiger partial charge in [0.05, 0.1) is 17.7 Å². The molecule has 0 saturated carbocycles. The van der Waals surface area contributed by atoms with E-state index in [1.165, 1.54) is 0 Å². The zero-order valence-electron chi connectivity index (χ0n) is 9.57. The van der Waals surface area contributed by atoms with E-state index in [1.54, 1.807) is 25.6 Å². The van der Waals surface area contributed by atoms with Gasteiger partial charge in [0.25, 0.3) is 5.91 Å². The third-order valence-electron chi connectivity index (χ3n) is 2.36. The maximum atomic E-state index is 11.7. The van der Waals surface area contributed by atoms with E-state index >= 15 is 0 Å². The fourth-order valence-corrected chi connectivity index (χ4v) is 1.47. The summed E-state index contributed by atoms with van der Waals surface area (Å²) in [6.07, 6.45) is -0.0793. The topological polar surface area (TPSA) is 84.2 Å². The molecule has 0 atom stereocenters. The third kappa shape index (κ3) is 2.59. The minimum absolute atomic E-state index is 0.0793. The molecule has 16 heavy (non-hydrogen) atoms. The summed E-state index contributed by atoms with van der Waals surface area (Å²) in [5.41, 5.74) is 1.94. The van der Waals surface area contributed by atoms with E-state index in [2.05, 4.69) is 10.4 Å². The molecule has 1 aromatic rings. The molecule has 1 heterocycles. The van der Waals surface area contributed by atoms with Crippen LogP contribution in [0.4, 0.5) is 0 Å². The number of carboxylic acids is 1. The lowest BCUT2D eigenvalue weighted by Crippen LogP contribution is -2.27. The van der Waals surface area contributed by atoms with Crippen LogP contribution in [-0.2, 0) is 11.8 Å². The van der Waals surface area contributed by atoms with Gasteiger partial charge >= 0.3 is 5.97 Å². The van der Waals surface area contributed by atoms with Crippen molar-refractivity contribution < 1.29 is 14.7 Å². The molecule has 1 rings (SSSR count). The van der Waals surface area contributed by atoms with Gasteiger partial charge in [0.1, 0.15) is 0 Å². The van der Waals surface area contributed by atoms with Gasteiger partial charge < -0.3 is 10.4 Å². The molecule has 0 aliphatic heterocycles. The highest BCUT2D eigenvalue weighted by Crippen LogP contribution is 2.11. The zero-order chi connectivity index (χ0) is 12.3. The average molecular weight is 225 g/mol. The van der Waals surface area contributed by atoms with E-state index in [9.17, 15) is 9.59 Å². The normalized spacial score (nSPS) is 10.2. The van der Waals surface area contributed by atoms with Gasteiger partial charge in [0.2, 0.25) is 0 Å². The van der Waals surface area contributed by atoms with Crippen molar-refractivity contribution in [2.75, 3.05) is 6.54 Å². The molecule has 6 nitrogen and oxygen atoms in total. The van der Waals surface area contributed by atoms with Gasteiger partial charge in [0.15, 0.2) is 0 Å². The maximum absolute atomic E-state index is 11.7. The molecule has 0 spiro atoms. The minimum atomic E-state index is -0.931. The van der Waals surface area contributed by atoms with Gasteiger partial charge in [-0.1, -0.05) is 0 Å². The van der Waals surface area contributed by atoms with Crippen molar-refractivity contribution in [1.29, 1.82) is 0 Å². The number of nitrogens with one attached hydrogen (secondary N) is 1. The summed E-state index contributed by atoms with van der Waals surface area (Å²) in [5.74, 6) is -1.20. The summed E-state index contributed by atoms with van der Waals surface area (Å²) in [4.78, 5) is 22.0. The Morgan fingerprint density at radius 2 is 2.06 bits per heavy atom. The largest absolute Gasteiger partial charge is 0.481 e. The number of amides is 1. The molecule has 0 saturated heterocycles. The Bertz CT molecular complexity index is 423. The molecule has 2 N–H and O–H groups in total. The Morgan fingerprint density at radius 1 is 1.44 bits per heavy atom. The molecule has 88 valence electrons. The number of hydrogen-bond acceptors (Lipinski definition) is 3. The molecule has 6 heteroatoms. The van der Waals surface area contributed by atoms with Crippen LogP contribution >= 0.6 is 0 Å². The van der Waals surface area contributed by atoms with E-state index in [0.717, 1.165) is 5.69 Å². The first kappa shape index (κ1) is 12.2. The number of nitrogens with zero attached hydrogens (tertiary/aromatic N) is 2. The van der Waals surface area contributed by atoms with Gasteiger partial charge in [-0.05, 0) is 13.8 Å². The van der Waals surface area contributed by atoms with Crippen molar-refractivity contribution in [3.8, 4) is 0 Å². The number of aromatic nitrogens is 2. The van der Waals surface area contributed by atoms with Crippen molar-refractivity contribution in [2.45, 2.75) is 20.3 Å². The Hall–Kier alpha value is -1.85. The molecule has 0 aliphatic carbocycles. The van der Waals surface area contributed by atoms with Crippen molar-refractivity contribution in [3.63, 3.8) is 0 Å². The Kier molecular flexibility index (Phi) is 3.65. The lowest BCUT2D eigenvalue weighted by Gasteiger charge is -2.03. The standard InChI is InChI=1S/C10H15N3O3/c1-6-9(7(2)13(3)12-6)10(16)11-5-4-8(14)15/h4-5H2,1-3H3,(H,11,16)(H,14,15). The van der Waals surface area contributed by atoms with Crippen molar-refractivity contribution in [2.24, 2.45) is 7.05 Å². The Balaban J connectivity index is 2.70. The zero-order valence-corrected chi connectivity index (χ0v) is 9.57. The van der Waals surface area contributed by atoms with E-state index in [-0.39, 0.29) is 18.9 Å². The molecule has 0 bridgehead atoms. The van der Waals surface area contributed by atoms with E-state index < -0.39 is 5.97 Å². The average Bonchev–Trinajstić information content (AvgIpc) is 2.40. The lowest BCUT2D eigenvalue weighted by atomic mass is 10.2. The summed E-state index contributed by atoms with van der Waals surface area (Å²) < 4.78 is 1.63. The molecular weight excluding hydrogens is 210 g/mol. The number of aryl methyl sites for hydroxylation is 2. The molecule has 1 amide bonds. The smallest absolute Gasteiger partial charge is 0.305 e. The van der Waals surface area contributed by atoms with Crippen LogP contribution in [0, 0.1) is 13.8 Å². The predicted molar refractivity (Wildman–Crippen MR) is 57.3 cm³/mol. The molecule has 0 aromatic carbocycles. The van der Waals surface area contributed by atoms with Crippen molar-refractivity contribution in [1.82, 2.24) is 15.1 Å². The van der Waals surface area contributed by atoms with E-state index in [1.807, 2.05) is 0 Å². The van der Waals surface area contributed by atoms with Crippen molar-refractivity contribution >= 4 is 11.9 Å². The van der Waals surface area contributed by atoms with Gasteiger partial charge in [-0.2, -0.15) is 5.10 Å². The number of carbonyl (C=O) groups excluding carboxylic acids is 1. The van der Waals surface area contributed by atoms with Crippen LogP contribution in [-0.4, -0.2) is 33.3 Å². The molecule has 1 aromatic heterocycles. The maximum Gasteiger partial charge on any atom is 0.305 e. The van der Waals surface area contributed by atoms with Crippen LogP contribution in [0.5, 0.6) is 0 Å². The SMILES string of the molecule is Cc1nn(C)c(C)c1C(=O)NCCC(=O)O. The third-order valence-corrected chi connectivity index (χ3v) is 2.36. The number of carbonyl (C=O) groups is 2. The number of carboxylic acid groups (broad SMARTS) is 1. The number of aliphatic carboxylic acids is 1. The summed E-state index contributed by atoms with van der Waals surface area (Å²) in [5, 5.41) is 15.1. The van der Waals surface area contributed by atoms with Crippen LogP contribution in [0.3, 0.4) is 0 Å². The molecular formula is C10H15N3O3.